The highest BCUT2D eigenvalue weighted by Gasteiger charge is 2.39. The van der Waals surface area contributed by atoms with E-state index < -0.39 is 6.04 Å². The number of hydrogen-bond acceptors (Lipinski definition) is 3. The molecule has 4 rings (SSSR count). The molecule has 0 aliphatic carbocycles. The smallest absolute Gasteiger partial charge is 0.255 e. The first-order valence-corrected chi connectivity index (χ1v) is 8.23. The van der Waals surface area contributed by atoms with Crippen molar-refractivity contribution in [2.45, 2.75) is 45.3 Å². The third-order valence-corrected chi connectivity index (χ3v) is 4.90. The van der Waals surface area contributed by atoms with E-state index in [0.29, 0.717) is 24.6 Å². The van der Waals surface area contributed by atoms with Crippen LogP contribution in [-0.4, -0.2) is 33.2 Å². The molecule has 0 spiro atoms. The number of rotatable bonds is 2. The number of aromatic nitrogens is 1. The van der Waals surface area contributed by atoms with Crippen LogP contribution in [0.1, 0.15) is 48.7 Å². The minimum absolute atomic E-state index is 0.126. The molecular weight excluding hydrogens is 306 g/mol. The number of nitrogens with zero attached hydrogens (tertiary/aromatic N) is 2. The van der Waals surface area contributed by atoms with Crippen molar-refractivity contribution >= 4 is 28.5 Å². The molecular formula is C18H19N3O3. The zero-order valence-corrected chi connectivity index (χ0v) is 13.7. The van der Waals surface area contributed by atoms with E-state index in [0.717, 1.165) is 16.3 Å². The summed E-state index contributed by atoms with van der Waals surface area (Å²) in [6.45, 7) is 4.65. The molecule has 0 bridgehead atoms. The summed E-state index contributed by atoms with van der Waals surface area (Å²) in [5, 5.41) is 4.45. The molecule has 1 aromatic heterocycles. The van der Waals surface area contributed by atoms with Crippen molar-refractivity contribution in [3.8, 4) is 0 Å². The number of carbonyl (C=O) groups is 3. The van der Waals surface area contributed by atoms with Gasteiger partial charge in [-0.3, -0.25) is 19.7 Å². The molecule has 1 aromatic carbocycles. The number of hydrogen-bond donors (Lipinski definition) is 1. The number of amides is 3. The van der Waals surface area contributed by atoms with Crippen molar-refractivity contribution < 1.29 is 14.4 Å². The van der Waals surface area contributed by atoms with Crippen molar-refractivity contribution in [3.05, 3.63) is 35.7 Å². The molecule has 124 valence electrons. The number of nitrogens with one attached hydrogen (secondary N) is 1. The Bertz CT molecular complexity index is 881. The number of benzene rings is 1. The normalized spacial score (nSPS) is 20.9. The minimum atomic E-state index is -0.558. The highest BCUT2D eigenvalue weighted by molar-refractivity contribution is 6.07. The number of imide groups is 1. The summed E-state index contributed by atoms with van der Waals surface area (Å²) in [4.78, 5) is 37.7. The van der Waals surface area contributed by atoms with Gasteiger partial charge < -0.3 is 9.47 Å². The SMILES string of the molecule is CC(C)n1cc2cc3c(cc2c1)C(=O)N([C@H]1CCC(=O)NC1=O)C3. The van der Waals surface area contributed by atoms with E-state index in [1.54, 1.807) is 4.90 Å². The molecule has 1 fully saturated rings. The van der Waals surface area contributed by atoms with Crippen LogP contribution < -0.4 is 5.32 Å². The number of piperidine rings is 1. The molecule has 0 saturated carbocycles. The van der Waals surface area contributed by atoms with Crippen LogP contribution in [-0.2, 0) is 16.1 Å². The van der Waals surface area contributed by atoms with Gasteiger partial charge in [-0.1, -0.05) is 0 Å². The fourth-order valence-corrected chi connectivity index (χ4v) is 3.53. The Morgan fingerprint density at radius 1 is 1.12 bits per heavy atom. The van der Waals surface area contributed by atoms with Crippen molar-refractivity contribution in [1.29, 1.82) is 0 Å². The fourth-order valence-electron chi connectivity index (χ4n) is 3.53. The zero-order chi connectivity index (χ0) is 17.0. The molecule has 3 heterocycles. The molecule has 2 aliphatic heterocycles. The molecule has 0 unspecified atom stereocenters. The molecule has 1 saturated heterocycles. The van der Waals surface area contributed by atoms with Crippen molar-refractivity contribution in [2.24, 2.45) is 0 Å². The van der Waals surface area contributed by atoms with Crippen molar-refractivity contribution in [1.82, 2.24) is 14.8 Å². The van der Waals surface area contributed by atoms with Gasteiger partial charge in [0.1, 0.15) is 6.04 Å². The van der Waals surface area contributed by atoms with Gasteiger partial charge in [-0.2, -0.15) is 0 Å². The average molecular weight is 325 g/mol. The Morgan fingerprint density at radius 2 is 1.83 bits per heavy atom. The maximum atomic E-state index is 12.8. The molecule has 1 N–H and O–H groups in total. The Labute approximate surface area is 139 Å². The third kappa shape index (κ3) is 2.21. The largest absolute Gasteiger partial charge is 0.351 e. The van der Waals surface area contributed by atoms with Gasteiger partial charge in [0, 0.05) is 42.4 Å². The lowest BCUT2D eigenvalue weighted by molar-refractivity contribution is -0.136. The minimum Gasteiger partial charge on any atom is -0.351 e. The van der Waals surface area contributed by atoms with Crippen LogP contribution in [0.2, 0.25) is 0 Å². The van der Waals surface area contributed by atoms with Crippen molar-refractivity contribution in [2.75, 3.05) is 0 Å². The van der Waals surface area contributed by atoms with Gasteiger partial charge >= 0.3 is 0 Å². The molecule has 6 nitrogen and oxygen atoms in total. The van der Waals surface area contributed by atoms with Gasteiger partial charge in [-0.15, -0.1) is 0 Å². The lowest BCUT2D eigenvalue weighted by atomic mass is 10.0. The highest BCUT2D eigenvalue weighted by Crippen LogP contribution is 2.31. The highest BCUT2D eigenvalue weighted by atomic mass is 16.2. The van der Waals surface area contributed by atoms with Crippen molar-refractivity contribution in [3.63, 3.8) is 0 Å². The molecule has 2 aliphatic rings. The lowest BCUT2D eigenvalue weighted by Gasteiger charge is -2.29. The molecule has 1 atom stereocenters. The van der Waals surface area contributed by atoms with Gasteiger partial charge in [-0.25, -0.2) is 0 Å². The summed E-state index contributed by atoms with van der Waals surface area (Å²) < 4.78 is 2.13. The van der Waals surface area contributed by atoms with Crippen LogP contribution in [0.15, 0.2) is 24.5 Å². The second-order valence-electron chi connectivity index (χ2n) is 6.84. The summed E-state index contributed by atoms with van der Waals surface area (Å²) in [6.07, 6.45) is 4.79. The Balaban J connectivity index is 1.67. The summed E-state index contributed by atoms with van der Waals surface area (Å²) in [5.41, 5.74) is 1.60. The van der Waals surface area contributed by atoms with E-state index in [1.807, 2.05) is 18.3 Å². The maximum Gasteiger partial charge on any atom is 0.255 e. The molecule has 2 aromatic rings. The van der Waals surface area contributed by atoms with Crippen LogP contribution in [0.25, 0.3) is 10.8 Å². The van der Waals surface area contributed by atoms with E-state index in [9.17, 15) is 14.4 Å². The first-order chi connectivity index (χ1) is 11.4. The van der Waals surface area contributed by atoms with Gasteiger partial charge in [0.05, 0.1) is 0 Å². The maximum absolute atomic E-state index is 12.8. The standard InChI is InChI=1S/C18H19N3O3/c1-10(2)20-7-11-5-13-9-21(15-3-4-16(22)19-17(15)23)18(24)14(13)6-12(11)8-20/h5-8,10,15H,3-4,9H2,1-2H3,(H,19,22,23)/t15-/m0/s1. The average Bonchev–Trinajstić information content (AvgIpc) is 3.07. The van der Waals surface area contributed by atoms with Gasteiger partial charge in [0.15, 0.2) is 0 Å². The predicted molar refractivity (Wildman–Crippen MR) is 88.4 cm³/mol. The van der Waals surface area contributed by atoms with E-state index in [4.69, 9.17) is 0 Å². The van der Waals surface area contributed by atoms with E-state index >= 15 is 0 Å². The van der Waals surface area contributed by atoms with Gasteiger partial charge in [0.25, 0.3) is 5.91 Å². The van der Waals surface area contributed by atoms with Gasteiger partial charge in [0.2, 0.25) is 11.8 Å². The Kier molecular flexibility index (Phi) is 3.23. The first kappa shape index (κ1) is 14.9. The zero-order valence-electron chi connectivity index (χ0n) is 13.7. The van der Waals surface area contributed by atoms with E-state index in [-0.39, 0.29) is 24.1 Å². The van der Waals surface area contributed by atoms with Crippen LogP contribution in [0, 0.1) is 0 Å². The van der Waals surface area contributed by atoms with E-state index in [1.165, 1.54) is 0 Å². The molecule has 6 heteroatoms. The number of fused-ring (bicyclic) bond motifs is 2. The predicted octanol–water partition coefficient (Wildman–Crippen LogP) is 1.98. The summed E-state index contributed by atoms with van der Waals surface area (Å²) in [5.74, 6) is -0.764. The molecule has 24 heavy (non-hydrogen) atoms. The topological polar surface area (TPSA) is 71.4 Å². The Hall–Kier alpha value is -2.63. The summed E-state index contributed by atoms with van der Waals surface area (Å²) >= 11 is 0. The summed E-state index contributed by atoms with van der Waals surface area (Å²) in [6, 6.07) is 3.76. The van der Waals surface area contributed by atoms with Crippen LogP contribution >= 0.6 is 0 Å². The second kappa shape index (κ2) is 5.19. The Morgan fingerprint density at radius 3 is 2.50 bits per heavy atom. The number of carbonyl (C=O) groups excluding carboxylic acids is 3. The lowest BCUT2D eigenvalue weighted by Crippen LogP contribution is -2.52. The van der Waals surface area contributed by atoms with Crippen LogP contribution in [0.5, 0.6) is 0 Å². The first-order valence-electron chi connectivity index (χ1n) is 8.23. The second-order valence-corrected chi connectivity index (χ2v) is 6.84. The molecule has 3 amide bonds. The van der Waals surface area contributed by atoms with Crippen LogP contribution in [0.3, 0.4) is 0 Å². The fraction of sp³-hybridized carbons (Fsp3) is 0.389. The quantitative estimate of drug-likeness (QED) is 0.858. The monoisotopic (exact) mass is 325 g/mol. The molecule has 0 radical (unpaired) electrons. The van der Waals surface area contributed by atoms with E-state index in [2.05, 4.69) is 29.9 Å². The van der Waals surface area contributed by atoms with Gasteiger partial charge in [-0.05, 0) is 43.4 Å². The summed E-state index contributed by atoms with van der Waals surface area (Å²) in [7, 11) is 0. The third-order valence-electron chi connectivity index (χ3n) is 4.90. The van der Waals surface area contributed by atoms with Crippen LogP contribution in [0.4, 0.5) is 0 Å².